The van der Waals surface area contributed by atoms with Crippen molar-refractivity contribution in [2.24, 2.45) is 23.7 Å². The van der Waals surface area contributed by atoms with Gasteiger partial charge in [0.1, 0.15) is 6.04 Å². The van der Waals surface area contributed by atoms with E-state index in [4.69, 9.17) is 4.74 Å². The van der Waals surface area contributed by atoms with Crippen LogP contribution in [0.2, 0.25) is 0 Å². The number of benzene rings is 1. The summed E-state index contributed by atoms with van der Waals surface area (Å²) in [5.41, 5.74) is 4.71. The van der Waals surface area contributed by atoms with Gasteiger partial charge in [-0.1, -0.05) is 50.1 Å². The van der Waals surface area contributed by atoms with Gasteiger partial charge in [0.15, 0.2) is 6.61 Å². The summed E-state index contributed by atoms with van der Waals surface area (Å²) in [4.78, 5) is 63.4. The topological polar surface area (TPSA) is 122 Å². The number of alkyl halides is 2. The Balaban J connectivity index is 1.30. The highest BCUT2D eigenvalue weighted by molar-refractivity contribution is 9.12. The smallest absolute Gasteiger partial charge is 0.329 e. The molecule has 170 valence electrons. The van der Waals surface area contributed by atoms with Gasteiger partial charge in [0, 0.05) is 15.2 Å². The number of ether oxygens (including phenoxy) is 1. The molecule has 2 saturated carbocycles. The number of halogens is 2. The summed E-state index contributed by atoms with van der Waals surface area (Å²) in [5.74, 6) is -3.66. The van der Waals surface area contributed by atoms with E-state index in [9.17, 15) is 24.0 Å². The molecule has 9 nitrogen and oxygen atoms in total. The Morgan fingerprint density at radius 2 is 1.59 bits per heavy atom. The fourth-order valence-electron chi connectivity index (χ4n) is 4.94. The van der Waals surface area contributed by atoms with Crippen molar-refractivity contribution in [3.8, 4) is 0 Å². The lowest BCUT2D eigenvalue weighted by molar-refractivity contribution is -0.160. The number of hydrogen-bond acceptors (Lipinski definition) is 6. The second-order valence-corrected chi connectivity index (χ2v) is 10.3. The number of amides is 4. The van der Waals surface area contributed by atoms with Crippen LogP contribution in [0.25, 0.3) is 0 Å². The number of esters is 1. The van der Waals surface area contributed by atoms with Gasteiger partial charge in [0.2, 0.25) is 11.8 Å². The molecule has 11 heteroatoms. The van der Waals surface area contributed by atoms with Crippen molar-refractivity contribution in [3.63, 3.8) is 0 Å². The van der Waals surface area contributed by atoms with E-state index in [1.54, 1.807) is 30.3 Å². The summed E-state index contributed by atoms with van der Waals surface area (Å²) < 4.78 is 4.98. The Kier molecular flexibility index (Phi) is 6.39. The van der Waals surface area contributed by atoms with Gasteiger partial charge in [0.05, 0.1) is 11.8 Å². The molecule has 3 fully saturated rings. The van der Waals surface area contributed by atoms with Gasteiger partial charge in [-0.05, 0) is 37.3 Å². The lowest BCUT2D eigenvalue weighted by atomic mass is 9.81. The number of imide groups is 1. The predicted molar refractivity (Wildman–Crippen MR) is 118 cm³/mol. The Bertz CT molecular complexity index is 942. The Morgan fingerprint density at radius 1 is 1.03 bits per heavy atom. The quantitative estimate of drug-likeness (QED) is 0.237. The second kappa shape index (κ2) is 8.93. The summed E-state index contributed by atoms with van der Waals surface area (Å²) in [7, 11) is 0. The van der Waals surface area contributed by atoms with Crippen LogP contribution < -0.4 is 10.9 Å². The molecule has 2 N–H and O–H groups in total. The number of likely N-dealkylation sites (tertiary alicyclic amines) is 1. The van der Waals surface area contributed by atoms with Crippen LogP contribution >= 0.6 is 31.9 Å². The second-order valence-electron chi connectivity index (χ2n) is 8.20. The highest BCUT2D eigenvalue weighted by Gasteiger charge is 2.67. The molecule has 0 aromatic heterocycles. The van der Waals surface area contributed by atoms with Crippen LogP contribution in [0, 0.1) is 23.7 Å². The first kappa shape index (κ1) is 22.9. The molecule has 4 rings (SSSR count). The Hall–Kier alpha value is -2.27. The molecule has 1 saturated heterocycles. The lowest BCUT2D eigenvalue weighted by Crippen LogP contribution is -2.47. The van der Waals surface area contributed by atoms with E-state index in [1.807, 2.05) is 0 Å². The number of rotatable bonds is 5. The summed E-state index contributed by atoms with van der Waals surface area (Å²) in [6, 6.07) is 7.11. The van der Waals surface area contributed by atoms with Crippen molar-refractivity contribution in [3.05, 3.63) is 35.9 Å². The van der Waals surface area contributed by atoms with Gasteiger partial charge in [-0.2, -0.15) is 0 Å². The molecule has 3 aliphatic rings. The zero-order chi connectivity index (χ0) is 23.2. The van der Waals surface area contributed by atoms with Gasteiger partial charge in [-0.25, -0.2) is 4.79 Å². The van der Waals surface area contributed by atoms with Crippen molar-refractivity contribution in [2.75, 3.05) is 6.61 Å². The van der Waals surface area contributed by atoms with Gasteiger partial charge in [-0.3, -0.25) is 34.9 Å². The predicted octanol–water partition coefficient (Wildman–Crippen LogP) is 1.16. The van der Waals surface area contributed by atoms with E-state index in [1.165, 1.54) is 6.92 Å². The standard InChI is InChI=1S/C21H21Br2N3O6/c1-9(21(31)32-8-13(27)24-25-18(28)10-5-3-2-4-6-10)26-19(29)14-11-7-12(15(14)20(26)30)17(23)16(11)22/h2-6,9,11-12,14-17H,7-8H2,1H3,(H,24,27)(H,25,28)/t9-,11-,12-,14-,15-,16-,17+/m1/s1. The van der Waals surface area contributed by atoms with Crippen molar-refractivity contribution in [2.45, 2.75) is 29.0 Å². The monoisotopic (exact) mass is 569 g/mol. The molecule has 2 aliphatic carbocycles. The van der Waals surface area contributed by atoms with E-state index in [-0.39, 0.29) is 33.3 Å². The Morgan fingerprint density at radius 3 is 2.16 bits per heavy atom. The van der Waals surface area contributed by atoms with Crippen LogP contribution in [0.3, 0.4) is 0 Å². The third-order valence-corrected chi connectivity index (χ3v) is 9.65. The molecule has 0 spiro atoms. The van der Waals surface area contributed by atoms with E-state index >= 15 is 0 Å². The fourth-order valence-corrected chi connectivity index (χ4v) is 6.81. The number of carbonyl (C=O) groups is 5. The maximum atomic E-state index is 13.0. The van der Waals surface area contributed by atoms with Crippen molar-refractivity contribution in [1.29, 1.82) is 0 Å². The maximum absolute atomic E-state index is 13.0. The molecule has 7 atom stereocenters. The highest BCUT2D eigenvalue weighted by atomic mass is 79.9. The summed E-state index contributed by atoms with van der Waals surface area (Å²) >= 11 is 7.23. The van der Waals surface area contributed by atoms with E-state index in [0.29, 0.717) is 5.56 Å². The zero-order valence-electron chi connectivity index (χ0n) is 17.0. The summed E-state index contributed by atoms with van der Waals surface area (Å²) in [5, 5.41) is 0. The number of hydrogen-bond donors (Lipinski definition) is 2. The minimum absolute atomic E-state index is 0.0399. The first-order valence-corrected chi connectivity index (χ1v) is 12.0. The average molecular weight is 571 g/mol. The van der Waals surface area contributed by atoms with Gasteiger partial charge >= 0.3 is 5.97 Å². The van der Waals surface area contributed by atoms with Crippen molar-refractivity contribution >= 4 is 61.5 Å². The van der Waals surface area contributed by atoms with Crippen molar-refractivity contribution in [1.82, 2.24) is 15.8 Å². The molecule has 2 bridgehead atoms. The third kappa shape index (κ3) is 3.85. The fraction of sp³-hybridized carbons (Fsp3) is 0.476. The van der Waals surface area contributed by atoms with Crippen molar-refractivity contribution < 1.29 is 28.7 Å². The van der Waals surface area contributed by atoms with Gasteiger partial charge in [0.25, 0.3) is 11.8 Å². The number of nitrogens with zero attached hydrogens (tertiary/aromatic N) is 1. The lowest BCUT2D eigenvalue weighted by Gasteiger charge is -2.28. The largest absolute Gasteiger partial charge is 0.454 e. The highest BCUT2D eigenvalue weighted by Crippen LogP contribution is 2.60. The minimum atomic E-state index is -1.14. The molecule has 1 aromatic carbocycles. The van der Waals surface area contributed by atoms with E-state index in [0.717, 1.165) is 11.3 Å². The zero-order valence-corrected chi connectivity index (χ0v) is 20.2. The first-order chi connectivity index (χ1) is 15.2. The van der Waals surface area contributed by atoms with Gasteiger partial charge < -0.3 is 4.74 Å². The molecular formula is C21H21Br2N3O6. The summed E-state index contributed by atoms with van der Waals surface area (Å²) in [6.07, 6.45) is 0.792. The van der Waals surface area contributed by atoms with Gasteiger partial charge in [-0.15, -0.1) is 0 Å². The van der Waals surface area contributed by atoms with Crippen LogP contribution in [-0.2, 0) is 23.9 Å². The molecular weight excluding hydrogens is 550 g/mol. The minimum Gasteiger partial charge on any atom is -0.454 e. The molecule has 1 heterocycles. The SMILES string of the molecule is C[C@H](C(=O)OCC(=O)NNC(=O)c1ccccc1)N1C(=O)[C@@H]2[C@H]3C[C@@H]([C@@H](Br)[C@H]3Br)[C@H]2C1=O. The molecule has 0 unspecified atom stereocenters. The molecule has 1 aliphatic heterocycles. The van der Waals surface area contributed by atoms with Crippen LogP contribution in [0.1, 0.15) is 23.7 Å². The van der Waals surface area contributed by atoms with Crippen LogP contribution in [0.15, 0.2) is 30.3 Å². The number of hydrazine groups is 1. The molecule has 1 aromatic rings. The number of carbonyl (C=O) groups excluding carboxylic acids is 5. The third-order valence-electron chi connectivity index (χ3n) is 6.45. The molecule has 0 radical (unpaired) electrons. The number of fused-ring (bicyclic) bond motifs is 5. The van der Waals surface area contributed by atoms with Crippen LogP contribution in [0.4, 0.5) is 0 Å². The van der Waals surface area contributed by atoms with Crippen LogP contribution in [0.5, 0.6) is 0 Å². The molecule has 4 amide bonds. The maximum Gasteiger partial charge on any atom is 0.329 e. The molecule has 32 heavy (non-hydrogen) atoms. The first-order valence-electron chi connectivity index (χ1n) is 10.2. The van der Waals surface area contributed by atoms with E-state index < -0.39 is 42.3 Å². The number of nitrogens with one attached hydrogen (secondary N) is 2. The average Bonchev–Trinajstić information content (AvgIpc) is 3.40. The van der Waals surface area contributed by atoms with Crippen LogP contribution in [-0.4, -0.2) is 56.8 Å². The Labute approximate surface area is 200 Å². The van der Waals surface area contributed by atoms with E-state index in [2.05, 4.69) is 42.7 Å². The summed E-state index contributed by atoms with van der Waals surface area (Å²) in [6.45, 7) is 0.743. The normalized spacial score (nSPS) is 31.3.